The van der Waals surface area contributed by atoms with Crippen LogP contribution in [-0.4, -0.2) is 15.5 Å². The minimum Gasteiger partial charge on any atom is -0.370 e. The highest BCUT2D eigenvalue weighted by Crippen LogP contribution is 2.30. The molecule has 1 aliphatic rings. The van der Waals surface area contributed by atoms with Crippen LogP contribution in [0.15, 0.2) is 58.3 Å². The van der Waals surface area contributed by atoms with Crippen LogP contribution in [0.4, 0.5) is 5.95 Å². The number of aromatic nitrogens is 2. The Morgan fingerprint density at radius 1 is 1.12 bits per heavy atom. The van der Waals surface area contributed by atoms with Gasteiger partial charge in [-0.3, -0.25) is 14.7 Å². The van der Waals surface area contributed by atoms with Gasteiger partial charge in [-0.05, 0) is 29.2 Å². The number of rotatable bonds is 2. The van der Waals surface area contributed by atoms with Gasteiger partial charge in [0, 0.05) is 0 Å². The molecule has 6 heteroatoms. The number of para-hydroxylation sites is 1. The number of anilines is 1. The van der Waals surface area contributed by atoms with E-state index in [1.807, 2.05) is 22.8 Å². The van der Waals surface area contributed by atoms with E-state index in [9.17, 15) is 4.79 Å². The normalized spacial score (nSPS) is 16.4. The van der Waals surface area contributed by atoms with Gasteiger partial charge in [-0.15, -0.1) is 0 Å². The summed E-state index contributed by atoms with van der Waals surface area (Å²) in [5.74, 6) is 1.12. The Bertz CT molecular complexity index is 1030. The molecule has 0 bridgehead atoms. The number of hydrogen-bond acceptors (Lipinski definition) is 5. The Hall–Kier alpha value is -3.15. The fourth-order valence-corrected chi connectivity index (χ4v) is 3.14. The standard InChI is InChI=1S/C19H19N5O/c1-11(2)12-7-9-13(10-8-12)16-21-18(20)23-19-22-17(25)14-5-3-4-6-15(14)24(16)19/h3-11,16H,1-2H3,(H3,20,21,22,23,25)/t16-/m1/s1. The molecule has 25 heavy (non-hydrogen) atoms. The van der Waals surface area contributed by atoms with E-state index >= 15 is 0 Å². The van der Waals surface area contributed by atoms with Gasteiger partial charge < -0.3 is 5.73 Å². The zero-order chi connectivity index (χ0) is 17.6. The van der Waals surface area contributed by atoms with Crippen molar-refractivity contribution in [3.05, 3.63) is 70.0 Å². The number of hydrogen-bond donors (Lipinski definition) is 2. The molecule has 4 rings (SSSR count). The van der Waals surface area contributed by atoms with Crippen molar-refractivity contribution in [3.8, 4) is 0 Å². The van der Waals surface area contributed by atoms with Crippen LogP contribution in [0.5, 0.6) is 0 Å². The molecule has 3 N–H and O–H groups in total. The molecule has 0 fully saturated rings. The summed E-state index contributed by atoms with van der Waals surface area (Å²) < 4.78 is 1.91. The molecule has 6 nitrogen and oxygen atoms in total. The lowest BCUT2D eigenvalue weighted by atomic mass is 10.0. The van der Waals surface area contributed by atoms with E-state index < -0.39 is 0 Å². The Kier molecular flexibility index (Phi) is 3.53. The SMILES string of the molecule is CC(C)c1ccc([C@@H]2N=C(N)Nc3nc(=O)c4ccccc4n32)cc1. The third kappa shape index (κ3) is 2.55. The average molecular weight is 333 g/mol. The second-order valence-corrected chi connectivity index (χ2v) is 6.46. The third-order valence-corrected chi connectivity index (χ3v) is 4.48. The predicted octanol–water partition coefficient (Wildman–Crippen LogP) is 2.81. The van der Waals surface area contributed by atoms with E-state index in [-0.39, 0.29) is 17.7 Å². The molecule has 2 aromatic carbocycles. The average Bonchev–Trinajstić information content (AvgIpc) is 2.61. The number of nitrogens with one attached hydrogen (secondary N) is 1. The lowest BCUT2D eigenvalue weighted by Crippen LogP contribution is -2.34. The maximum absolute atomic E-state index is 12.3. The van der Waals surface area contributed by atoms with Gasteiger partial charge in [0.1, 0.15) is 0 Å². The van der Waals surface area contributed by atoms with Crippen LogP contribution in [0, 0.1) is 0 Å². The van der Waals surface area contributed by atoms with Gasteiger partial charge in [-0.2, -0.15) is 4.98 Å². The van der Waals surface area contributed by atoms with Crippen molar-refractivity contribution >= 4 is 22.8 Å². The van der Waals surface area contributed by atoms with Crippen LogP contribution < -0.4 is 16.6 Å². The van der Waals surface area contributed by atoms with Crippen LogP contribution in [0.2, 0.25) is 0 Å². The Morgan fingerprint density at radius 3 is 2.56 bits per heavy atom. The molecule has 0 radical (unpaired) electrons. The van der Waals surface area contributed by atoms with E-state index in [2.05, 4.69) is 53.4 Å². The predicted molar refractivity (Wildman–Crippen MR) is 99.9 cm³/mol. The van der Waals surface area contributed by atoms with Gasteiger partial charge in [0.2, 0.25) is 5.95 Å². The number of benzene rings is 2. The molecule has 1 atom stereocenters. The van der Waals surface area contributed by atoms with E-state index in [1.165, 1.54) is 5.56 Å². The molecule has 0 unspecified atom stereocenters. The molecule has 0 spiro atoms. The van der Waals surface area contributed by atoms with E-state index in [4.69, 9.17) is 5.73 Å². The molecule has 0 aliphatic carbocycles. The van der Waals surface area contributed by atoms with E-state index in [0.717, 1.165) is 11.1 Å². The first-order valence-corrected chi connectivity index (χ1v) is 8.26. The fourth-order valence-electron chi connectivity index (χ4n) is 3.14. The molecule has 126 valence electrons. The summed E-state index contributed by atoms with van der Waals surface area (Å²) >= 11 is 0. The van der Waals surface area contributed by atoms with E-state index in [1.54, 1.807) is 6.07 Å². The Morgan fingerprint density at radius 2 is 1.84 bits per heavy atom. The summed E-state index contributed by atoms with van der Waals surface area (Å²) in [5, 5.41) is 3.46. The zero-order valence-electron chi connectivity index (χ0n) is 14.1. The van der Waals surface area contributed by atoms with Gasteiger partial charge in [-0.25, -0.2) is 4.99 Å². The molecule has 0 saturated carbocycles. The second kappa shape index (κ2) is 5.73. The van der Waals surface area contributed by atoms with Crippen molar-refractivity contribution < 1.29 is 0 Å². The highest BCUT2D eigenvalue weighted by molar-refractivity contribution is 5.93. The Labute approximate surface area is 145 Å². The highest BCUT2D eigenvalue weighted by atomic mass is 16.1. The maximum Gasteiger partial charge on any atom is 0.282 e. The van der Waals surface area contributed by atoms with Crippen molar-refractivity contribution in [1.29, 1.82) is 0 Å². The van der Waals surface area contributed by atoms with Crippen molar-refractivity contribution in [3.63, 3.8) is 0 Å². The highest BCUT2D eigenvalue weighted by Gasteiger charge is 2.24. The molecular weight excluding hydrogens is 314 g/mol. The number of aliphatic imine (C=N–C) groups is 1. The minimum atomic E-state index is -0.365. The summed E-state index contributed by atoms with van der Waals surface area (Å²) in [5.41, 5.74) is 8.68. The lowest BCUT2D eigenvalue weighted by Gasteiger charge is -2.27. The van der Waals surface area contributed by atoms with Gasteiger partial charge in [0.05, 0.1) is 10.9 Å². The number of nitrogens with zero attached hydrogens (tertiary/aromatic N) is 3. The van der Waals surface area contributed by atoms with Gasteiger partial charge in [-0.1, -0.05) is 50.2 Å². The number of fused-ring (bicyclic) bond motifs is 3. The number of guanidine groups is 1. The van der Waals surface area contributed by atoms with Crippen LogP contribution in [0.3, 0.4) is 0 Å². The van der Waals surface area contributed by atoms with Crippen molar-refractivity contribution in [1.82, 2.24) is 9.55 Å². The van der Waals surface area contributed by atoms with E-state index in [0.29, 0.717) is 17.3 Å². The van der Waals surface area contributed by atoms with Crippen molar-refractivity contribution in [2.75, 3.05) is 5.32 Å². The zero-order valence-corrected chi connectivity index (χ0v) is 14.1. The molecule has 0 amide bonds. The molecule has 0 saturated heterocycles. The van der Waals surface area contributed by atoms with Crippen molar-refractivity contribution in [2.24, 2.45) is 10.7 Å². The second-order valence-electron chi connectivity index (χ2n) is 6.46. The smallest absolute Gasteiger partial charge is 0.282 e. The molecule has 3 aromatic rings. The fraction of sp³-hybridized carbons (Fsp3) is 0.211. The first kappa shape index (κ1) is 15.4. The van der Waals surface area contributed by atoms with Crippen molar-refractivity contribution in [2.45, 2.75) is 25.9 Å². The summed E-state index contributed by atoms with van der Waals surface area (Å²) in [6.45, 7) is 4.32. The molecule has 1 aromatic heterocycles. The van der Waals surface area contributed by atoms with Gasteiger partial charge >= 0.3 is 0 Å². The Balaban J connectivity index is 1.94. The summed E-state index contributed by atoms with van der Waals surface area (Å²) in [7, 11) is 0. The van der Waals surface area contributed by atoms with Gasteiger partial charge in [0.15, 0.2) is 12.1 Å². The van der Waals surface area contributed by atoms with Crippen LogP contribution in [0.25, 0.3) is 10.9 Å². The molecular formula is C19H19N5O. The maximum atomic E-state index is 12.3. The molecule has 2 heterocycles. The first-order valence-electron chi connectivity index (χ1n) is 8.26. The quantitative estimate of drug-likeness (QED) is 0.755. The lowest BCUT2D eigenvalue weighted by molar-refractivity contribution is 0.615. The minimum absolute atomic E-state index is 0.250. The van der Waals surface area contributed by atoms with Crippen LogP contribution in [-0.2, 0) is 0 Å². The third-order valence-electron chi connectivity index (χ3n) is 4.48. The monoisotopic (exact) mass is 333 g/mol. The summed E-state index contributed by atoms with van der Waals surface area (Å²) in [6, 6.07) is 15.7. The summed E-state index contributed by atoms with van der Waals surface area (Å²) in [6.07, 6.45) is -0.365. The van der Waals surface area contributed by atoms with Crippen LogP contribution in [0.1, 0.15) is 37.1 Å². The number of nitrogens with two attached hydrogens (primary N) is 1. The summed E-state index contributed by atoms with van der Waals surface area (Å²) in [4.78, 5) is 21.0. The first-order chi connectivity index (χ1) is 12.0. The largest absolute Gasteiger partial charge is 0.370 e. The van der Waals surface area contributed by atoms with Crippen LogP contribution >= 0.6 is 0 Å². The molecule has 1 aliphatic heterocycles. The topological polar surface area (TPSA) is 85.3 Å². The van der Waals surface area contributed by atoms with Gasteiger partial charge in [0.25, 0.3) is 5.56 Å².